The summed E-state index contributed by atoms with van der Waals surface area (Å²) in [5.41, 5.74) is 2.38. The summed E-state index contributed by atoms with van der Waals surface area (Å²) < 4.78 is 6.99. The number of rotatable bonds is 4. The molecule has 0 bridgehead atoms. The molecule has 0 unspecified atom stereocenters. The predicted octanol–water partition coefficient (Wildman–Crippen LogP) is 2.55. The van der Waals surface area contributed by atoms with E-state index in [1.807, 2.05) is 54.3 Å². The van der Waals surface area contributed by atoms with Crippen LogP contribution in [0.3, 0.4) is 0 Å². The van der Waals surface area contributed by atoms with E-state index in [0.29, 0.717) is 18.7 Å². The minimum absolute atomic E-state index is 0.0259. The van der Waals surface area contributed by atoms with E-state index in [2.05, 4.69) is 15.0 Å². The van der Waals surface area contributed by atoms with Gasteiger partial charge >= 0.3 is 0 Å². The zero-order valence-electron chi connectivity index (χ0n) is 16.1. The average Bonchev–Trinajstić information content (AvgIpc) is 3.15. The first kappa shape index (κ1) is 18.0. The molecule has 28 heavy (non-hydrogen) atoms. The molecule has 1 aliphatic heterocycles. The number of pyridine rings is 1. The van der Waals surface area contributed by atoms with Gasteiger partial charge < -0.3 is 14.5 Å². The summed E-state index contributed by atoms with van der Waals surface area (Å²) in [6, 6.07) is 13.5. The Kier molecular flexibility index (Phi) is 4.97. The highest BCUT2D eigenvalue weighted by atomic mass is 16.5. The van der Waals surface area contributed by atoms with Crippen molar-refractivity contribution in [3.63, 3.8) is 0 Å². The van der Waals surface area contributed by atoms with Crippen molar-refractivity contribution in [3.05, 3.63) is 66.1 Å². The van der Waals surface area contributed by atoms with Gasteiger partial charge in [0.25, 0.3) is 5.91 Å². The summed E-state index contributed by atoms with van der Waals surface area (Å²) >= 11 is 0. The number of aromatic nitrogens is 3. The van der Waals surface area contributed by atoms with E-state index in [9.17, 15) is 4.79 Å². The van der Waals surface area contributed by atoms with Crippen LogP contribution >= 0.6 is 0 Å². The molecule has 1 aliphatic rings. The Morgan fingerprint density at radius 2 is 1.79 bits per heavy atom. The molecule has 3 aromatic rings. The molecule has 1 fully saturated rings. The zero-order valence-corrected chi connectivity index (χ0v) is 16.1. The van der Waals surface area contributed by atoms with E-state index in [1.165, 1.54) is 0 Å². The summed E-state index contributed by atoms with van der Waals surface area (Å²) in [6.07, 6.45) is 3.46. The quantitative estimate of drug-likeness (QED) is 0.699. The molecule has 0 atom stereocenters. The lowest BCUT2D eigenvalue weighted by atomic mass is 10.2. The van der Waals surface area contributed by atoms with Crippen LogP contribution in [0.2, 0.25) is 0 Å². The summed E-state index contributed by atoms with van der Waals surface area (Å²) in [7, 11) is 1.64. The second-order valence-corrected chi connectivity index (χ2v) is 6.72. The number of benzene rings is 1. The molecule has 0 N–H and O–H groups in total. The maximum atomic E-state index is 13.0. The molecule has 144 valence electrons. The second-order valence-electron chi connectivity index (χ2n) is 6.72. The van der Waals surface area contributed by atoms with Crippen LogP contribution in [0.15, 0.2) is 54.9 Å². The number of nitrogens with zero attached hydrogens (tertiary/aromatic N) is 5. The van der Waals surface area contributed by atoms with Crippen molar-refractivity contribution in [3.8, 4) is 11.4 Å². The van der Waals surface area contributed by atoms with Crippen molar-refractivity contribution >= 4 is 11.7 Å². The Bertz CT molecular complexity index is 945. The van der Waals surface area contributed by atoms with Gasteiger partial charge in [0.2, 0.25) is 0 Å². The molecule has 0 spiro atoms. The molecule has 2 aromatic heterocycles. The van der Waals surface area contributed by atoms with Crippen molar-refractivity contribution in [2.75, 3.05) is 38.2 Å². The molecule has 0 saturated carbocycles. The van der Waals surface area contributed by atoms with Gasteiger partial charge in [-0.05, 0) is 43.3 Å². The largest absolute Gasteiger partial charge is 0.497 e. The number of piperazine rings is 1. The maximum absolute atomic E-state index is 13.0. The number of carbonyl (C=O) groups excluding carboxylic acids is 1. The highest BCUT2D eigenvalue weighted by molar-refractivity contribution is 5.95. The standard InChI is InChI=1S/C21H23N5O2/c1-16-19(15-23-26(16)17-6-8-18(28-2)9-7-17)21(27)25-13-11-24(12-14-25)20-5-3-4-10-22-20/h3-10,15H,11-14H2,1-2H3. The van der Waals surface area contributed by atoms with Gasteiger partial charge in [-0.3, -0.25) is 4.79 Å². The summed E-state index contributed by atoms with van der Waals surface area (Å²) in [5, 5.41) is 4.43. The molecule has 0 radical (unpaired) electrons. The molecular weight excluding hydrogens is 354 g/mol. The van der Waals surface area contributed by atoms with Crippen molar-refractivity contribution in [2.24, 2.45) is 0 Å². The lowest BCUT2D eigenvalue weighted by Crippen LogP contribution is -2.49. The number of amides is 1. The van der Waals surface area contributed by atoms with Gasteiger partial charge in [-0.1, -0.05) is 6.07 Å². The summed E-state index contributed by atoms with van der Waals surface area (Å²) in [5.74, 6) is 1.77. The van der Waals surface area contributed by atoms with Crippen molar-refractivity contribution < 1.29 is 9.53 Å². The average molecular weight is 377 g/mol. The fourth-order valence-corrected chi connectivity index (χ4v) is 3.45. The minimum atomic E-state index is 0.0259. The van der Waals surface area contributed by atoms with E-state index in [4.69, 9.17) is 4.74 Å². The van der Waals surface area contributed by atoms with Crippen LogP contribution in [-0.4, -0.2) is 58.9 Å². The van der Waals surface area contributed by atoms with Crippen LogP contribution in [0, 0.1) is 6.92 Å². The van der Waals surface area contributed by atoms with Gasteiger partial charge in [0.15, 0.2) is 0 Å². The smallest absolute Gasteiger partial charge is 0.257 e. The van der Waals surface area contributed by atoms with Crippen LogP contribution in [0.5, 0.6) is 5.75 Å². The Balaban J connectivity index is 1.46. The van der Waals surface area contributed by atoms with Crippen LogP contribution < -0.4 is 9.64 Å². The Morgan fingerprint density at radius 3 is 2.43 bits per heavy atom. The number of anilines is 1. The molecule has 3 heterocycles. The van der Waals surface area contributed by atoms with Gasteiger partial charge in [0.1, 0.15) is 11.6 Å². The maximum Gasteiger partial charge on any atom is 0.257 e. The number of ether oxygens (including phenoxy) is 1. The third-order valence-corrected chi connectivity index (χ3v) is 5.10. The molecule has 0 aliphatic carbocycles. The summed E-state index contributed by atoms with van der Waals surface area (Å²) in [4.78, 5) is 21.5. The van der Waals surface area contributed by atoms with Crippen molar-refractivity contribution in [1.82, 2.24) is 19.7 Å². The molecule has 7 nitrogen and oxygen atoms in total. The van der Waals surface area contributed by atoms with Gasteiger partial charge in [-0.25, -0.2) is 9.67 Å². The lowest BCUT2D eigenvalue weighted by molar-refractivity contribution is 0.0745. The van der Waals surface area contributed by atoms with Gasteiger partial charge in [-0.2, -0.15) is 5.10 Å². The van der Waals surface area contributed by atoms with E-state index < -0.39 is 0 Å². The summed E-state index contributed by atoms with van der Waals surface area (Å²) in [6.45, 7) is 4.81. The monoisotopic (exact) mass is 377 g/mol. The highest BCUT2D eigenvalue weighted by Gasteiger charge is 2.25. The van der Waals surface area contributed by atoms with E-state index in [1.54, 1.807) is 24.2 Å². The van der Waals surface area contributed by atoms with Crippen LogP contribution in [-0.2, 0) is 0 Å². The third kappa shape index (κ3) is 3.43. The Hall–Kier alpha value is -3.35. The SMILES string of the molecule is COc1ccc(-n2ncc(C(=O)N3CCN(c4ccccn4)CC3)c2C)cc1. The van der Waals surface area contributed by atoms with Crippen LogP contribution in [0.4, 0.5) is 5.82 Å². The molecule has 1 aromatic carbocycles. The Labute approximate surface area is 164 Å². The fourth-order valence-electron chi connectivity index (χ4n) is 3.45. The normalized spacial score (nSPS) is 14.2. The lowest BCUT2D eigenvalue weighted by Gasteiger charge is -2.35. The number of methoxy groups -OCH3 is 1. The highest BCUT2D eigenvalue weighted by Crippen LogP contribution is 2.20. The molecule has 7 heteroatoms. The van der Waals surface area contributed by atoms with E-state index in [0.717, 1.165) is 36.0 Å². The van der Waals surface area contributed by atoms with Crippen molar-refractivity contribution in [1.29, 1.82) is 0 Å². The molecule has 1 amide bonds. The van der Waals surface area contributed by atoms with Crippen LogP contribution in [0.25, 0.3) is 5.69 Å². The van der Waals surface area contributed by atoms with Crippen LogP contribution in [0.1, 0.15) is 16.1 Å². The number of hydrogen-bond donors (Lipinski definition) is 0. The van der Waals surface area contributed by atoms with E-state index in [-0.39, 0.29) is 5.91 Å². The topological polar surface area (TPSA) is 63.5 Å². The molecular formula is C21H23N5O2. The molecule has 4 rings (SSSR count). The zero-order chi connectivity index (χ0) is 19.5. The van der Waals surface area contributed by atoms with Gasteiger partial charge in [0.05, 0.1) is 30.3 Å². The second kappa shape index (κ2) is 7.72. The number of hydrogen-bond acceptors (Lipinski definition) is 5. The predicted molar refractivity (Wildman–Crippen MR) is 107 cm³/mol. The fraction of sp³-hybridized carbons (Fsp3) is 0.286. The third-order valence-electron chi connectivity index (χ3n) is 5.10. The minimum Gasteiger partial charge on any atom is -0.497 e. The van der Waals surface area contributed by atoms with Gasteiger partial charge in [-0.15, -0.1) is 0 Å². The first-order chi connectivity index (χ1) is 13.7. The van der Waals surface area contributed by atoms with Crippen molar-refractivity contribution in [2.45, 2.75) is 6.92 Å². The van der Waals surface area contributed by atoms with Gasteiger partial charge in [0, 0.05) is 32.4 Å². The first-order valence-corrected chi connectivity index (χ1v) is 9.31. The Morgan fingerprint density at radius 1 is 1.04 bits per heavy atom. The molecule has 1 saturated heterocycles. The first-order valence-electron chi connectivity index (χ1n) is 9.31. The number of carbonyl (C=O) groups is 1. The van der Waals surface area contributed by atoms with E-state index >= 15 is 0 Å².